The maximum atomic E-state index is 3.42. The highest BCUT2D eigenvalue weighted by Crippen LogP contribution is 2.50. The molecule has 2 nitrogen and oxygen atoms in total. The van der Waals surface area contributed by atoms with Gasteiger partial charge in [0.15, 0.2) is 0 Å². The molecule has 0 spiro atoms. The monoisotopic (exact) mass is 138 g/mol. The molecule has 10 heavy (non-hydrogen) atoms. The van der Waals surface area contributed by atoms with Gasteiger partial charge in [-0.3, -0.25) is 4.90 Å². The van der Waals surface area contributed by atoms with Gasteiger partial charge in [0.05, 0.1) is 0 Å². The van der Waals surface area contributed by atoms with Gasteiger partial charge in [0.1, 0.15) is 0 Å². The number of nitrogens with one attached hydrogen (secondary N) is 1. The first-order valence-electron chi connectivity index (χ1n) is 4.35. The molecule has 2 heteroatoms. The second kappa shape index (κ2) is 1.56. The summed E-state index contributed by atoms with van der Waals surface area (Å²) in [6.45, 7) is 1.38. The van der Waals surface area contributed by atoms with E-state index in [2.05, 4.69) is 17.3 Å². The number of fused-ring (bicyclic) bond motifs is 1. The van der Waals surface area contributed by atoms with Crippen molar-refractivity contribution in [1.82, 2.24) is 10.2 Å². The van der Waals surface area contributed by atoms with Gasteiger partial charge in [0, 0.05) is 24.7 Å². The summed E-state index contributed by atoms with van der Waals surface area (Å²) in [5, 5.41) is 3.42. The molecule has 0 aromatic carbocycles. The maximum Gasteiger partial charge on any atom is 0.0396 e. The van der Waals surface area contributed by atoms with Crippen molar-refractivity contribution in [3.8, 4) is 0 Å². The van der Waals surface area contributed by atoms with Gasteiger partial charge >= 0.3 is 0 Å². The zero-order valence-electron chi connectivity index (χ0n) is 6.38. The minimum Gasteiger partial charge on any atom is -0.314 e. The quantitative estimate of drug-likeness (QED) is 0.542. The van der Waals surface area contributed by atoms with Gasteiger partial charge in [-0.05, 0) is 25.8 Å². The molecule has 3 rings (SSSR count). The number of hydrogen-bond acceptors (Lipinski definition) is 2. The minimum absolute atomic E-state index is 0.854. The van der Waals surface area contributed by atoms with Crippen LogP contribution < -0.4 is 5.32 Å². The van der Waals surface area contributed by atoms with E-state index in [9.17, 15) is 0 Å². The third-order valence-corrected chi connectivity index (χ3v) is 3.29. The summed E-state index contributed by atoms with van der Waals surface area (Å²) < 4.78 is 0. The highest BCUT2D eigenvalue weighted by molar-refractivity contribution is 5.20. The van der Waals surface area contributed by atoms with Gasteiger partial charge in [0.25, 0.3) is 0 Å². The molecule has 1 saturated carbocycles. The van der Waals surface area contributed by atoms with Crippen molar-refractivity contribution >= 4 is 0 Å². The highest BCUT2D eigenvalue weighted by Gasteiger charge is 2.62. The Hall–Kier alpha value is -0.0800. The van der Waals surface area contributed by atoms with Crippen LogP contribution in [0, 0.1) is 5.92 Å². The smallest absolute Gasteiger partial charge is 0.0396 e. The fraction of sp³-hybridized carbons (Fsp3) is 1.00. The number of rotatable bonds is 2. The lowest BCUT2D eigenvalue weighted by atomic mass is 9.95. The first kappa shape index (κ1) is 5.56. The molecule has 0 amide bonds. The molecule has 56 valence electrons. The molecule has 3 fully saturated rings. The predicted molar refractivity (Wildman–Crippen MR) is 39.9 cm³/mol. The van der Waals surface area contributed by atoms with E-state index >= 15 is 0 Å². The normalized spacial score (nSPS) is 57.3. The standard InChI is InChI=1S/C8H14N2/c1-9-7-6-4-10(6)8(7)5-2-3-5/h5-9H,2-4H2,1H3. The fourth-order valence-corrected chi connectivity index (χ4v) is 2.53. The molecule has 0 aromatic rings. The molecule has 1 N–H and O–H groups in total. The van der Waals surface area contributed by atoms with Crippen molar-refractivity contribution in [1.29, 1.82) is 0 Å². The summed E-state index contributed by atoms with van der Waals surface area (Å²) in [4.78, 5) is 2.64. The minimum atomic E-state index is 0.854. The van der Waals surface area contributed by atoms with Crippen LogP contribution in [0.1, 0.15) is 12.8 Å². The molecular weight excluding hydrogens is 124 g/mol. The van der Waals surface area contributed by atoms with E-state index < -0.39 is 0 Å². The third kappa shape index (κ3) is 0.523. The summed E-state index contributed by atoms with van der Waals surface area (Å²) >= 11 is 0. The van der Waals surface area contributed by atoms with E-state index in [0.717, 1.165) is 24.0 Å². The average molecular weight is 138 g/mol. The zero-order valence-corrected chi connectivity index (χ0v) is 6.38. The lowest BCUT2D eigenvalue weighted by Crippen LogP contribution is -2.57. The summed E-state index contributed by atoms with van der Waals surface area (Å²) in [5.41, 5.74) is 0. The van der Waals surface area contributed by atoms with E-state index in [4.69, 9.17) is 0 Å². The van der Waals surface area contributed by atoms with Crippen molar-refractivity contribution in [2.75, 3.05) is 13.6 Å². The summed E-state index contributed by atoms with van der Waals surface area (Å²) in [5.74, 6) is 1.07. The fourth-order valence-electron chi connectivity index (χ4n) is 2.53. The zero-order chi connectivity index (χ0) is 6.72. The van der Waals surface area contributed by atoms with E-state index in [1.54, 1.807) is 0 Å². The highest BCUT2D eigenvalue weighted by atomic mass is 15.4. The Morgan fingerprint density at radius 3 is 2.80 bits per heavy atom. The third-order valence-electron chi connectivity index (χ3n) is 3.29. The van der Waals surface area contributed by atoms with E-state index in [0.29, 0.717) is 0 Å². The van der Waals surface area contributed by atoms with Crippen LogP contribution in [0.25, 0.3) is 0 Å². The molecule has 0 radical (unpaired) electrons. The molecule has 3 aliphatic rings. The van der Waals surface area contributed by atoms with Crippen LogP contribution >= 0.6 is 0 Å². The van der Waals surface area contributed by atoms with Crippen molar-refractivity contribution < 1.29 is 0 Å². The second-order valence-electron chi connectivity index (χ2n) is 3.91. The van der Waals surface area contributed by atoms with Crippen molar-refractivity contribution in [2.24, 2.45) is 5.92 Å². The Morgan fingerprint density at radius 2 is 2.20 bits per heavy atom. The number of hydrogen-bond donors (Lipinski definition) is 1. The largest absolute Gasteiger partial charge is 0.314 e. The summed E-state index contributed by atoms with van der Waals surface area (Å²) in [6.07, 6.45) is 2.98. The first-order valence-corrected chi connectivity index (χ1v) is 4.35. The van der Waals surface area contributed by atoms with Gasteiger partial charge in [-0.1, -0.05) is 0 Å². The van der Waals surface area contributed by atoms with Gasteiger partial charge in [-0.15, -0.1) is 0 Å². The lowest BCUT2D eigenvalue weighted by molar-refractivity contribution is 0.158. The van der Waals surface area contributed by atoms with Crippen LogP contribution in [-0.4, -0.2) is 36.6 Å². The van der Waals surface area contributed by atoms with Crippen molar-refractivity contribution in [2.45, 2.75) is 31.0 Å². The van der Waals surface area contributed by atoms with Gasteiger partial charge in [0.2, 0.25) is 0 Å². The molecule has 4 unspecified atom stereocenters. The molecular formula is C8H14N2. The van der Waals surface area contributed by atoms with Crippen LogP contribution in [0.3, 0.4) is 0 Å². The topological polar surface area (TPSA) is 15.0 Å². The second-order valence-corrected chi connectivity index (χ2v) is 3.91. The van der Waals surface area contributed by atoms with Crippen LogP contribution in [0.4, 0.5) is 0 Å². The van der Waals surface area contributed by atoms with Crippen LogP contribution in [0.2, 0.25) is 0 Å². The Morgan fingerprint density at radius 1 is 1.40 bits per heavy atom. The van der Waals surface area contributed by atoms with Crippen LogP contribution in [0.5, 0.6) is 0 Å². The summed E-state index contributed by atoms with van der Waals surface area (Å²) in [6, 6.07) is 2.73. The van der Waals surface area contributed by atoms with E-state index in [1.807, 2.05) is 0 Å². The molecule has 1 aliphatic carbocycles. The maximum absolute atomic E-state index is 3.42. The predicted octanol–water partition coefficient (Wildman–Crippen LogP) is 0.0508. The molecule has 2 saturated heterocycles. The van der Waals surface area contributed by atoms with Crippen LogP contribution in [0.15, 0.2) is 0 Å². The molecule has 4 atom stereocenters. The van der Waals surface area contributed by atoms with Crippen molar-refractivity contribution in [3.63, 3.8) is 0 Å². The lowest BCUT2D eigenvalue weighted by Gasteiger charge is -2.37. The Balaban J connectivity index is 1.73. The van der Waals surface area contributed by atoms with Gasteiger partial charge < -0.3 is 5.32 Å². The Bertz CT molecular complexity index is 163. The van der Waals surface area contributed by atoms with Crippen molar-refractivity contribution in [3.05, 3.63) is 0 Å². The molecule has 0 bridgehead atoms. The van der Waals surface area contributed by atoms with E-state index in [-0.39, 0.29) is 0 Å². The Kier molecular flexibility index (Phi) is 0.868. The van der Waals surface area contributed by atoms with Gasteiger partial charge in [-0.25, -0.2) is 0 Å². The molecule has 2 aliphatic heterocycles. The Labute approximate surface area is 61.6 Å². The number of likely N-dealkylation sites (N-methyl/N-ethyl adjacent to an activating group) is 1. The molecule has 0 aromatic heterocycles. The first-order chi connectivity index (χ1) is 4.92. The van der Waals surface area contributed by atoms with E-state index in [1.165, 1.54) is 19.4 Å². The molecule has 2 heterocycles. The average Bonchev–Trinajstić information content (AvgIpc) is 2.73. The number of nitrogens with zero attached hydrogens (tertiary/aromatic N) is 1. The summed E-state index contributed by atoms with van der Waals surface area (Å²) in [7, 11) is 2.11. The van der Waals surface area contributed by atoms with Gasteiger partial charge in [-0.2, -0.15) is 0 Å². The van der Waals surface area contributed by atoms with Crippen LogP contribution in [-0.2, 0) is 0 Å². The SMILES string of the molecule is CNC1C2CN2C1C1CC1.